The summed E-state index contributed by atoms with van der Waals surface area (Å²) in [5.74, 6) is -4.02. The SMILES string of the molecule is CCOC(=O)c1c(-c2cc3ccccc3nc2Oc2ccc(F)c(F)c2OC)[nH]c(C)c(OC)c1=O. The van der Waals surface area contributed by atoms with E-state index in [9.17, 15) is 18.4 Å². The van der Waals surface area contributed by atoms with Crippen LogP contribution in [-0.4, -0.2) is 36.8 Å². The Balaban J connectivity index is 2.04. The van der Waals surface area contributed by atoms with Crippen LogP contribution in [0.1, 0.15) is 23.0 Å². The minimum atomic E-state index is -1.24. The number of rotatable bonds is 7. The molecule has 2 aromatic carbocycles. The molecule has 36 heavy (non-hydrogen) atoms. The molecule has 2 heterocycles. The summed E-state index contributed by atoms with van der Waals surface area (Å²) >= 11 is 0. The van der Waals surface area contributed by atoms with Gasteiger partial charge in [-0.3, -0.25) is 4.79 Å². The van der Waals surface area contributed by atoms with Crippen LogP contribution in [0, 0.1) is 18.6 Å². The predicted molar refractivity (Wildman–Crippen MR) is 128 cm³/mol. The molecule has 186 valence electrons. The Morgan fingerprint density at radius 2 is 1.78 bits per heavy atom. The molecular formula is C26H22F2N2O6. The van der Waals surface area contributed by atoms with Crippen LogP contribution in [0.15, 0.2) is 47.3 Å². The van der Waals surface area contributed by atoms with E-state index in [-0.39, 0.29) is 40.8 Å². The van der Waals surface area contributed by atoms with Gasteiger partial charge in [-0.25, -0.2) is 14.2 Å². The summed E-state index contributed by atoms with van der Waals surface area (Å²) in [6.45, 7) is 3.24. The number of aromatic amines is 1. The Morgan fingerprint density at radius 3 is 2.47 bits per heavy atom. The number of benzene rings is 2. The van der Waals surface area contributed by atoms with Crippen molar-refractivity contribution in [2.75, 3.05) is 20.8 Å². The van der Waals surface area contributed by atoms with Gasteiger partial charge in [0.1, 0.15) is 5.56 Å². The maximum atomic E-state index is 14.4. The molecule has 0 saturated heterocycles. The number of nitrogens with one attached hydrogen (secondary N) is 1. The van der Waals surface area contributed by atoms with Crippen LogP contribution in [0.5, 0.6) is 23.1 Å². The van der Waals surface area contributed by atoms with Gasteiger partial charge in [-0.1, -0.05) is 18.2 Å². The number of hydrogen-bond acceptors (Lipinski definition) is 7. The second-order valence-corrected chi connectivity index (χ2v) is 7.61. The molecule has 0 aliphatic heterocycles. The Bertz CT molecular complexity index is 1530. The van der Waals surface area contributed by atoms with Gasteiger partial charge >= 0.3 is 5.97 Å². The van der Waals surface area contributed by atoms with E-state index in [2.05, 4.69) is 9.97 Å². The maximum absolute atomic E-state index is 14.4. The van der Waals surface area contributed by atoms with Crippen molar-refractivity contribution in [2.45, 2.75) is 13.8 Å². The summed E-state index contributed by atoms with van der Waals surface area (Å²) in [6, 6.07) is 10.8. The number of carbonyl (C=O) groups is 1. The second-order valence-electron chi connectivity index (χ2n) is 7.61. The third-order valence-electron chi connectivity index (χ3n) is 5.40. The minimum Gasteiger partial charge on any atom is -0.491 e. The van der Waals surface area contributed by atoms with E-state index < -0.39 is 28.8 Å². The Morgan fingerprint density at radius 1 is 1.06 bits per heavy atom. The van der Waals surface area contributed by atoms with E-state index in [1.165, 1.54) is 20.3 Å². The van der Waals surface area contributed by atoms with E-state index in [0.717, 1.165) is 6.07 Å². The van der Waals surface area contributed by atoms with Crippen molar-refractivity contribution in [3.8, 4) is 34.4 Å². The summed E-state index contributed by atoms with van der Waals surface area (Å²) in [6.07, 6.45) is 0. The zero-order chi connectivity index (χ0) is 26.0. The molecule has 0 atom stereocenters. The fourth-order valence-electron chi connectivity index (χ4n) is 3.79. The van der Waals surface area contributed by atoms with E-state index >= 15 is 0 Å². The zero-order valence-corrected chi connectivity index (χ0v) is 19.9. The zero-order valence-electron chi connectivity index (χ0n) is 19.9. The number of hydrogen-bond donors (Lipinski definition) is 1. The molecule has 4 rings (SSSR count). The molecule has 0 unspecified atom stereocenters. The van der Waals surface area contributed by atoms with Crippen LogP contribution in [0.4, 0.5) is 8.78 Å². The van der Waals surface area contributed by atoms with Gasteiger partial charge in [0.25, 0.3) is 0 Å². The van der Waals surface area contributed by atoms with Crippen LogP contribution in [0.2, 0.25) is 0 Å². The van der Waals surface area contributed by atoms with Gasteiger partial charge in [-0.05, 0) is 38.1 Å². The van der Waals surface area contributed by atoms with Gasteiger partial charge < -0.3 is 23.9 Å². The Hall–Kier alpha value is -4.47. The summed E-state index contributed by atoms with van der Waals surface area (Å²) < 4.78 is 49.4. The third kappa shape index (κ3) is 4.33. The molecule has 0 fully saturated rings. The van der Waals surface area contributed by atoms with Gasteiger partial charge in [0.05, 0.1) is 43.3 Å². The smallest absolute Gasteiger partial charge is 0.344 e. The molecule has 0 spiro atoms. The number of para-hydroxylation sites is 1. The summed E-state index contributed by atoms with van der Waals surface area (Å²) in [5.41, 5.74) is 0.112. The maximum Gasteiger partial charge on any atom is 0.344 e. The highest BCUT2D eigenvalue weighted by Gasteiger charge is 2.27. The normalized spacial score (nSPS) is 10.8. The molecule has 0 aliphatic rings. The topological polar surface area (TPSA) is 99.7 Å². The number of nitrogens with zero attached hydrogens (tertiary/aromatic N) is 1. The molecule has 0 saturated carbocycles. The minimum absolute atomic E-state index is 0.0271. The standard InChI is InChI=1S/C26H22F2N2O6/c1-5-35-26(32)19-21(29-13(2)23(33-3)22(19)31)15-12-14-8-6-7-9-17(14)30-25(15)36-18-11-10-16(27)20(28)24(18)34-4/h6-12H,5H2,1-4H3,(H,29,31). The summed E-state index contributed by atoms with van der Waals surface area (Å²) in [4.78, 5) is 33.7. The van der Waals surface area contributed by atoms with Crippen LogP contribution < -0.4 is 19.6 Å². The Kier molecular flexibility index (Phi) is 6.86. The van der Waals surface area contributed by atoms with Crippen molar-refractivity contribution in [1.82, 2.24) is 9.97 Å². The molecular weight excluding hydrogens is 474 g/mol. The summed E-state index contributed by atoms with van der Waals surface area (Å²) in [5, 5.41) is 0.668. The van der Waals surface area contributed by atoms with Gasteiger partial charge in [0.2, 0.25) is 22.9 Å². The van der Waals surface area contributed by atoms with Crippen molar-refractivity contribution in [1.29, 1.82) is 0 Å². The highest BCUT2D eigenvalue weighted by molar-refractivity contribution is 5.98. The Labute approximate surface area is 204 Å². The number of methoxy groups -OCH3 is 2. The molecule has 0 aliphatic carbocycles. The van der Waals surface area contributed by atoms with Crippen LogP contribution >= 0.6 is 0 Å². The largest absolute Gasteiger partial charge is 0.491 e. The molecule has 8 nitrogen and oxygen atoms in total. The lowest BCUT2D eigenvalue weighted by molar-refractivity contribution is 0.0525. The van der Waals surface area contributed by atoms with Gasteiger partial charge in [-0.2, -0.15) is 4.39 Å². The van der Waals surface area contributed by atoms with Crippen LogP contribution in [0.3, 0.4) is 0 Å². The van der Waals surface area contributed by atoms with Crippen molar-refractivity contribution in [3.05, 3.63) is 75.6 Å². The number of H-pyrrole nitrogens is 1. The lowest BCUT2D eigenvalue weighted by atomic mass is 10.0. The molecule has 2 aromatic heterocycles. The molecule has 1 N–H and O–H groups in total. The first-order valence-electron chi connectivity index (χ1n) is 10.9. The first-order chi connectivity index (χ1) is 17.3. The average molecular weight is 496 g/mol. The van der Waals surface area contributed by atoms with Crippen LogP contribution in [-0.2, 0) is 4.74 Å². The fourth-order valence-corrected chi connectivity index (χ4v) is 3.79. The predicted octanol–water partition coefficient (Wildman–Crippen LogP) is 5.16. The van der Waals surface area contributed by atoms with E-state index in [0.29, 0.717) is 16.6 Å². The number of fused-ring (bicyclic) bond motifs is 1. The number of halogens is 2. The number of pyridine rings is 2. The molecule has 0 bridgehead atoms. The first-order valence-corrected chi connectivity index (χ1v) is 10.9. The first kappa shape index (κ1) is 24.6. The highest BCUT2D eigenvalue weighted by atomic mass is 19.2. The van der Waals surface area contributed by atoms with E-state index in [4.69, 9.17) is 18.9 Å². The van der Waals surface area contributed by atoms with E-state index in [1.54, 1.807) is 44.2 Å². The van der Waals surface area contributed by atoms with Crippen molar-refractivity contribution < 1.29 is 32.5 Å². The highest BCUT2D eigenvalue weighted by Crippen LogP contribution is 2.40. The van der Waals surface area contributed by atoms with Crippen LogP contribution in [0.25, 0.3) is 22.2 Å². The number of aryl methyl sites for hydroxylation is 1. The van der Waals surface area contributed by atoms with E-state index in [1.807, 2.05) is 0 Å². The fraction of sp³-hybridized carbons (Fsp3) is 0.192. The lowest BCUT2D eigenvalue weighted by Crippen LogP contribution is -2.22. The van der Waals surface area contributed by atoms with Crippen molar-refractivity contribution in [2.24, 2.45) is 0 Å². The number of ether oxygens (including phenoxy) is 4. The van der Waals surface area contributed by atoms with Gasteiger partial charge in [0.15, 0.2) is 17.3 Å². The lowest BCUT2D eigenvalue weighted by Gasteiger charge is -2.17. The van der Waals surface area contributed by atoms with Crippen molar-refractivity contribution in [3.63, 3.8) is 0 Å². The molecule has 10 heteroatoms. The number of aromatic nitrogens is 2. The van der Waals surface area contributed by atoms with Crippen molar-refractivity contribution >= 4 is 16.9 Å². The average Bonchev–Trinajstić information content (AvgIpc) is 2.86. The molecule has 0 radical (unpaired) electrons. The molecule has 0 amide bonds. The second kappa shape index (κ2) is 10.0. The third-order valence-corrected chi connectivity index (χ3v) is 5.40. The quantitative estimate of drug-likeness (QED) is 0.353. The number of carbonyl (C=O) groups excluding carboxylic acids is 1. The number of esters is 1. The van der Waals surface area contributed by atoms with Gasteiger partial charge in [-0.15, -0.1) is 0 Å². The monoisotopic (exact) mass is 496 g/mol. The molecule has 4 aromatic rings. The van der Waals surface area contributed by atoms with Gasteiger partial charge in [0, 0.05) is 5.39 Å². The summed E-state index contributed by atoms with van der Waals surface area (Å²) in [7, 11) is 2.48.